The van der Waals surface area contributed by atoms with E-state index in [1.54, 1.807) is 0 Å². The lowest BCUT2D eigenvalue weighted by atomic mass is 9.99. The van der Waals surface area contributed by atoms with Crippen molar-refractivity contribution in [3.05, 3.63) is 48.0 Å². The van der Waals surface area contributed by atoms with Crippen LogP contribution >= 0.6 is 0 Å². The van der Waals surface area contributed by atoms with E-state index >= 15 is 0 Å². The lowest BCUT2D eigenvalue weighted by Crippen LogP contribution is -2.60. The molecule has 1 heterocycles. The number of ether oxygens (including phenoxy) is 2. The van der Waals surface area contributed by atoms with Crippen molar-refractivity contribution < 1.29 is 34.7 Å². The Morgan fingerprint density at radius 1 is 1.00 bits per heavy atom. The van der Waals surface area contributed by atoms with Gasteiger partial charge in [0.25, 0.3) is 0 Å². The Kier molecular flexibility index (Phi) is 4.79. The molecule has 0 aliphatic carbocycles. The zero-order chi connectivity index (χ0) is 17.3. The van der Waals surface area contributed by atoms with Gasteiger partial charge >= 0.3 is 5.97 Å². The maximum absolute atomic E-state index is 11.0. The summed E-state index contributed by atoms with van der Waals surface area (Å²) in [6, 6.07) is 13.4. The second kappa shape index (κ2) is 6.84. The van der Waals surface area contributed by atoms with Crippen LogP contribution in [0.2, 0.25) is 0 Å². The minimum Gasteiger partial charge on any atom is -0.479 e. The van der Waals surface area contributed by atoms with Crippen molar-refractivity contribution in [2.24, 2.45) is 0 Å². The van der Waals surface area contributed by atoms with Crippen molar-refractivity contribution in [3.63, 3.8) is 0 Å². The number of aliphatic carboxylic acids is 1. The van der Waals surface area contributed by atoms with Crippen LogP contribution in [0, 0.1) is 0 Å². The van der Waals surface area contributed by atoms with Gasteiger partial charge in [-0.3, -0.25) is 0 Å². The van der Waals surface area contributed by atoms with E-state index in [0.29, 0.717) is 0 Å². The number of fused-ring (bicyclic) bond motifs is 1. The number of carboxylic acid groups (broad SMARTS) is 1. The summed E-state index contributed by atoms with van der Waals surface area (Å²) < 4.78 is 10.5. The molecule has 0 amide bonds. The fourth-order valence-electron chi connectivity index (χ4n) is 2.70. The van der Waals surface area contributed by atoms with Crippen molar-refractivity contribution in [1.29, 1.82) is 0 Å². The highest BCUT2D eigenvalue weighted by molar-refractivity contribution is 5.82. The predicted octanol–water partition coefficient (Wildman–Crippen LogP) is 0.249. The molecule has 2 aromatic carbocycles. The van der Waals surface area contributed by atoms with Crippen LogP contribution in [0.4, 0.5) is 0 Å². The van der Waals surface area contributed by atoms with Gasteiger partial charge in [0.05, 0.1) is 6.61 Å². The molecular formula is C17H18O7. The summed E-state index contributed by atoms with van der Waals surface area (Å²) in [6.07, 6.45) is -7.95. The van der Waals surface area contributed by atoms with Crippen LogP contribution in [-0.2, 0) is 20.9 Å². The molecular weight excluding hydrogens is 316 g/mol. The third-order valence-electron chi connectivity index (χ3n) is 4.04. The summed E-state index contributed by atoms with van der Waals surface area (Å²) >= 11 is 0. The maximum Gasteiger partial charge on any atom is 0.335 e. The van der Waals surface area contributed by atoms with Gasteiger partial charge in [-0.2, -0.15) is 0 Å². The van der Waals surface area contributed by atoms with Crippen molar-refractivity contribution in [2.45, 2.75) is 37.3 Å². The molecule has 7 heteroatoms. The van der Waals surface area contributed by atoms with Crippen LogP contribution in [0.25, 0.3) is 10.8 Å². The molecule has 2 aromatic rings. The molecule has 0 spiro atoms. The zero-order valence-corrected chi connectivity index (χ0v) is 12.6. The topological polar surface area (TPSA) is 116 Å². The third kappa shape index (κ3) is 3.26. The summed E-state index contributed by atoms with van der Waals surface area (Å²) in [5.74, 6) is -1.44. The van der Waals surface area contributed by atoms with Crippen LogP contribution in [0.1, 0.15) is 5.56 Å². The molecule has 5 atom stereocenters. The molecule has 0 aromatic heterocycles. The molecule has 0 unspecified atom stereocenters. The first-order valence-corrected chi connectivity index (χ1v) is 7.49. The Bertz CT molecular complexity index is 732. The highest BCUT2D eigenvalue weighted by Crippen LogP contribution is 2.24. The van der Waals surface area contributed by atoms with Gasteiger partial charge in [0.2, 0.25) is 0 Å². The van der Waals surface area contributed by atoms with Crippen molar-refractivity contribution in [3.8, 4) is 0 Å². The zero-order valence-electron chi connectivity index (χ0n) is 12.6. The predicted molar refractivity (Wildman–Crippen MR) is 83.1 cm³/mol. The Morgan fingerprint density at radius 2 is 1.71 bits per heavy atom. The van der Waals surface area contributed by atoms with Gasteiger partial charge in [-0.25, -0.2) is 4.79 Å². The molecule has 1 fully saturated rings. The monoisotopic (exact) mass is 334 g/mol. The van der Waals surface area contributed by atoms with Crippen LogP contribution in [0.5, 0.6) is 0 Å². The molecule has 4 N–H and O–H groups in total. The van der Waals surface area contributed by atoms with Crippen molar-refractivity contribution in [1.82, 2.24) is 0 Å². The van der Waals surface area contributed by atoms with E-state index in [1.165, 1.54) is 0 Å². The number of hydrogen-bond acceptors (Lipinski definition) is 6. The number of hydrogen-bond donors (Lipinski definition) is 4. The molecule has 3 rings (SSSR count). The molecule has 1 saturated heterocycles. The Labute approximate surface area is 137 Å². The quantitative estimate of drug-likeness (QED) is 0.633. The molecule has 128 valence electrons. The molecule has 1 aliphatic rings. The largest absolute Gasteiger partial charge is 0.479 e. The van der Waals surface area contributed by atoms with Crippen molar-refractivity contribution >= 4 is 16.7 Å². The molecule has 0 radical (unpaired) electrons. The maximum atomic E-state index is 11.0. The molecule has 24 heavy (non-hydrogen) atoms. The lowest BCUT2D eigenvalue weighted by molar-refractivity contribution is -0.297. The second-order valence-electron chi connectivity index (χ2n) is 5.73. The first-order valence-electron chi connectivity index (χ1n) is 7.49. The number of rotatable bonds is 4. The van der Waals surface area contributed by atoms with Gasteiger partial charge in [0.15, 0.2) is 12.4 Å². The first-order chi connectivity index (χ1) is 11.5. The van der Waals surface area contributed by atoms with E-state index in [4.69, 9.17) is 14.6 Å². The highest BCUT2D eigenvalue weighted by Gasteiger charge is 2.47. The van der Waals surface area contributed by atoms with Crippen LogP contribution in [0.3, 0.4) is 0 Å². The standard InChI is InChI=1S/C17H18O7/c18-12-13(19)15(16(21)22)24-17(14(12)20)23-8-9-5-6-10-3-1-2-4-11(10)7-9/h1-7,12-15,17-20H,8H2,(H,21,22)/t12-,13-,14+,15-,17+/m0/s1. The van der Waals surface area contributed by atoms with E-state index < -0.39 is 36.7 Å². The minimum absolute atomic E-state index is 0.0573. The van der Waals surface area contributed by atoms with E-state index in [1.807, 2.05) is 42.5 Å². The first kappa shape index (κ1) is 16.8. The SMILES string of the molecule is O=C(O)[C@H]1O[C@@H](OCc2ccc3ccccc3c2)[C@H](O)[C@@H](O)[C@@H]1O. The molecule has 0 saturated carbocycles. The van der Waals surface area contributed by atoms with Gasteiger partial charge in [-0.1, -0.05) is 36.4 Å². The van der Waals surface area contributed by atoms with Gasteiger partial charge in [0.1, 0.15) is 18.3 Å². The van der Waals surface area contributed by atoms with Crippen LogP contribution in [0.15, 0.2) is 42.5 Å². The normalized spacial score (nSPS) is 30.4. The Hall–Kier alpha value is -2.03. The molecule has 1 aliphatic heterocycles. The Morgan fingerprint density at radius 3 is 2.42 bits per heavy atom. The number of aliphatic hydroxyl groups excluding tert-OH is 3. The lowest BCUT2D eigenvalue weighted by Gasteiger charge is -2.38. The summed E-state index contributed by atoms with van der Waals surface area (Å²) in [7, 11) is 0. The third-order valence-corrected chi connectivity index (χ3v) is 4.04. The number of carboxylic acids is 1. The van der Waals surface area contributed by atoms with E-state index in [9.17, 15) is 20.1 Å². The van der Waals surface area contributed by atoms with Crippen LogP contribution in [-0.4, -0.2) is 57.1 Å². The molecule has 0 bridgehead atoms. The summed E-state index contributed by atoms with van der Waals surface area (Å²) in [4.78, 5) is 11.0. The van der Waals surface area contributed by atoms with Gasteiger partial charge in [-0.15, -0.1) is 0 Å². The summed E-state index contributed by atoms with van der Waals surface area (Å²) in [6.45, 7) is 0.0573. The van der Waals surface area contributed by atoms with Gasteiger partial charge < -0.3 is 29.9 Å². The number of aliphatic hydroxyl groups is 3. The average Bonchev–Trinajstić information content (AvgIpc) is 2.58. The van der Waals surface area contributed by atoms with E-state index in [0.717, 1.165) is 16.3 Å². The van der Waals surface area contributed by atoms with Crippen LogP contribution < -0.4 is 0 Å². The van der Waals surface area contributed by atoms with Gasteiger partial charge in [0, 0.05) is 0 Å². The van der Waals surface area contributed by atoms with E-state index in [-0.39, 0.29) is 6.61 Å². The fraction of sp³-hybridized carbons (Fsp3) is 0.353. The van der Waals surface area contributed by atoms with Gasteiger partial charge in [-0.05, 0) is 22.4 Å². The highest BCUT2D eigenvalue weighted by atomic mass is 16.7. The summed E-state index contributed by atoms with van der Waals surface area (Å²) in [5, 5.41) is 40.4. The number of carbonyl (C=O) groups is 1. The fourth-order valence-corrected chi connectivity index (χ4v) is 2.70. The number of benzene rings is 2. The summed E-state index contributed by atoms with van der Waals surface area (Å²) in [5.41, 5.74) is 0.803. The minimum atomic E-state index is -1.72. The smallest absolute Gasteiger partial charge is 0.335 e. The average molecular weight is 334 g/mol. The Balaban J connectivity index is 1.71. The molecule has 7 nitrogen and oxygen atoms in total. The van der Waals surface area contributed by atoms with E-state index in [2.05, 4.69) is 0 Å². The second-order valence-corrected chi connectivity index (χ2v) is 5.73. The van der Waals surface area contributed by atoms with Crippen molar-refractivity contribution in [2.75, 3.05) is 0 Å².